The van der Waals surface area contributed by atoms with E-state index in [0.29, 0.717) is 24.6 Å². The number of carbonyl (C=O) groups excluding carboxylic acids is 1. The Labute approximate surface area is 183 Å². The largest absolute Gasteiger partial charge is 0.497 e. The van der Waals surface area contributed by atoms with Crippen molar-refractivity contribution in [1.29, 1.82) is 0 Å². The molecule has 2 aromatic carbocycles. The fourth-order valence-electron chi connectivity index (χ4n) is 4.46. The quantitative estimate of drug-likeness (QED) is 0.635. The molecule has 4 rings (SSSR count). The van der Waals surface area contributed by atoms with Gasteiger partial charge in [-0.25, -0.2) is 0 Å². The molecular weight excluding hydrogens is 388 g/mol. The summed E-state index contributed by atoms with van der Waals surface area (Å²) in [6.07, 6.45) is 5.69. The molecule has 0 spiro atoms. The molecule has 1 aliphatic rings. The Kier molecular flexibility index (Phi) is 6.67. The van der Waals surface area contributed by atoms with Gasteiger partial charge in [-0.05, 0) is 55.6 Å². The Morgan fingerprint density at radius 1 is 1.16 bits per heavy atom. The number of aromatic nitrogens is 2. The summed E-state index contributed by atoms with van der Waals surface area (Å²) in [5, 5.41) is 7.50. The van der Waals surface area contributed by atoms with Crippen molar-refractivity contribution in [3.63, 3.8) is 0 Å². The van der Waals surface area contributed by atoms with Crippen LogP contribution >= 0.6 is 0 Å². The fourth-order valence-corrected chi connectivity index (χ4v) is 4.46. The second kappa shape index (κ2) is 9.79. The Bertz CT molecular complexity index is 984. The van der Waals surface area contributed by atoms with E-state index in [-0.39, 0.29) is 11.9 Å². The van der Waals surface area contributed by atoms with E-state index in [1.54, 1.807) is 18.0 Å². The molecule has 6 heteroatoms. The van der Waals surface area contributed by atoms with E-state index in [1.807, 2.05) is 36.5 Å². The lowest BCUT2D eigenvalue weighted by Gasteiger charge is -2.39. The minimum absolute atomic E-state index is 0.0685. The normalized spacial score (nSPS) is 19.2. The molecule has 2 atom stereocenters. The molecule has 0 aliphatic carbocycles. The van der Waals surface area contributed by atoms with Crippen molar-refractivity contribution in [3.8, 4) is 5.75 Å². The predicted molar refractivity (Wildman–Crippen MR) is 121 cm³/mol. The van der Waals surface area contributed by atoms with Gasteiger partial charge in [-0.15, -0.1) is 0 Å². The Morgan fingerprint density at radius 3 is 2.68 bits per heavy atom. The van der Waals surface area contributed by atoms with E-state index in [1.165, 1.54) is 5.56 Å². The van der Waals surface area contributed by atoms with Gasteiger partial charge < -0.3 is 10.1 Å². The van der Waals surface area contributed by atoms with Gasteiger partial charge in [-0.1, -0.05) is 42.5 Å². The van der Waals surface area contributed by atoms with Crippen molar-refractivity contribution >= 4 is 5.91 Å². The molecular formula is C25H30N4O2. The molecule has 162 valence electrons. The van der Waals surface area contributed by atoms with E-state index in [0.717, 1.165) is 30.7 Å². The number of ether oxygens (including phenoxy) is 1. The highest BCUT2D eigenvalue weighted by atomic mass is 16.5. The molecule has 1 aromatic heterocycles. The predicted octanol–water partition coefficient (Wildman–Crippen LogP) is 3.75. The van der Waals surface area contributed by atoms with E-state index in [2.05, 4.69) is 46.6 Å². The molecule has 6 nitrogen and oxygen atoms in total. The summed E-state index contributed by atoms with van der Waals surface area (Å²) in [7, 11) is 3.85. The van der Waals surface area contributed by atoms with Crippen LogP contribution in [0, 0.1) is 5.92 Å². The second-order valence-corrected chi connectivity index (χ2v) is 8.22. The molecule has 31 heavy (non-hydrogen) atoms. The first-order valence-electron chi connectivity index (χ1n) is 10.8. The zero-order valence-corrected chi connectivity index (χ0v) is 18.2. The van der Waals surface area contributed by atoms with Gasteiger partial charge in [-0.2, -0.15) is 5.10 Å². The highest BCUT2D eigenvalue weighted by Gasteiger charge is 2.30. The van der Waals surface area contributed by atoms with Gasteiger partial charge in [0.25, 0.3) is 5.91 Å². The van der Waals surface area contributed by atoms with E-state index < -0.39 is 0 Å². The first-order chi connectivity index (χ1) is 15.1. The number of hydrogen-bond donors (Lipinski definition) is 1. The SMILES string of the molecule is COc1ccc(C2C(CNC(=O)c3cnn(Cc4ccccc4)c3)CCCN2C)cc1. The number of hydrogen-bond acceptors (Lipinski definition) is 4. The summed E-state index contributed by atoms with van der Waals surface area (Å²) in [6, 6.07) is 18.7. The smallest absolute Gasteiger partial charge is 0.254 e. The average molecular weight is 419 g/mol. The highest BCUT2D eigenvalue weighted by Crippen LogP contribution is 2.35. The lowest BCUT2D eigenvalue weighted by molar-refractivity contribution is 0.0891. The monoisotopic (exact) mass is 418 g/mol. The second-order valence-electron chi connectivity index (χ2n) is 8.22. The maximum atomic E-state index is 12.8. The average Bonchev–Trinajstić information content (AvgIpc) is 3.27. The summed E-state index contributed by atoms with van der Waals surface area (Å²) in [4.78, 5) is 15.2. The zero-order chi connectivity index (χ0) is 21.6. The van der Waals surface area contributed by atoms with Crippen LogP contribution in [0.2, 0.25) is 0 Å². The summed E-state index contributed by atoms with van der Waals surface area (Å²) in [5.41, 5.74) is 3.02. The maximum Gasteiger partial charge on any atom is 0.254 e. The van der Waals surface area contributed by atoms with Crippen LogP contribution in [-0.4, -0.2) is 47.8 Å². The number of methoxy groups -OCH3 is 1. The number of amides is 1. The minimum atomic E-state index is -0.0685. The first kappa shape index (κ1) is 21.1. The lowest BCUT2D eigenvalue weighted by Crippen LogP contribution is -2.41. The summed E-state index contributed by atoms with van der Waals surface area (Å²) < 4.78 is 7.10. The van der Waals surface area contributed by atoms with Crippen LogP contribution in [0.4, 0.5) is 0 Å². The van der Waals surface area contributed by atoms with Gasteiger partial charge in [0, 0.05) is 18.8 Å². The molecule has 1 saturated heterocycles. The van der Waals surface area contributed by atoms with Crippen molar-refractivity contribution in [1.82, 2.24) is 20.0 Å². The van der Waals surface area contributed by atoms with Crippen molar-refractivity contribution < 1.29 is 9.53 Å². The fraction of sp³-hybridized carbons (Fsp3) is 0.360. The number of benzene rings is 2. The highest BCUT2D eigenvalue weighted by molar-refractivity contribution is 5.93. The molecule has 2 heterocycles. The van der Waals surface area contributed by atoms with Crippen LogP contribution in [0.5, 0.6) is 5.75 Å². The van der Waals surface area contributed by atoms with Crippen molar-refractivity contribution in [2.24, 2.45) is 5.92 Å². The number of nitrogens with zero attached hydrogens (tertiary/aromatic N) is 3. The molecule has 1 N–H and O–H groups in total. The Morgan fingerprint density at radius 2 is 1.94 bits per heavy atom. The van der Waals surface area contributed by atoms with E-state index >= 15 is 0 Å². The number of carbonyl (C=O) groups is 1. The molecule has 2 unspecified atom stereocenters. The van der Waals surface area contributed by atoms with Gasteiger partial charge in [-0.3, -0.25) is 14.4 Å². The standard InChI is InChI=1S/C25H30N4O2/c1-28-14-6-9-21(24(28)20-10-12-23(31-2)13-11-20)15-26-25(30)22-16-27-29(18-22)17-19-7-4-3-5-8-19/h3-5,7-8,10-13,16,18,21,24H,6,9,14-15,17H2,1-2H3,(H,26,30). The third kappa shape index (κ3) is 5.14. The molecule has 1 fully saturated rings. The van der Waals surface area contributed by atoms with Crippen molar-refractivity contribution in [2.75, 3.05) is 27.2 Å². The Balaban J connectivity index is 1.39. The van der Waals surface area contributed by atoms with Crippen LogP contribution < -0.4 is 10.1 Å². The molecule has 1 amide bonds. The van der Waals surface area contributed by atoms with Crippen LogP contribution in [-0.2, 0) is 6.54 Å². The topological polar surface area (TPSA) is 59.4 Å². The van der Waals surface area contributed by atoms with Crippen LogP contribution in [0.1, 0.15) is 40.4 Å². The van der Waals surface area contributed by atoms with Crippen LogP contribution in [0.15, 0.2) is 67.0 Å². The summed E-state index contributed by atoms with van der Waals surface area (Å²) in [5.74, 6) is 1.15. The molecule has 3 aromatic rings. The molecule has 0 saturated carbocycles. The number of rotatable bonds is 7. The van der Waals surface area contributed by atoms with E-state index in [4.69, 9.17) is 4.74 Å². The van der Waals surface area contributed by atoms with Gasteiger partial charge in [0.15, 0.2) is 0 Å². The van der Waals surface area contributed by atoms with Crippen LogP contribution in [0.25, 0.3) is 0 Å². The maximum absolute atomic E-state index is 12.8. The number of piperidine rings is 1. The van der Waals surface area contributed by atoms with Gasteiger partial charge in [0.2, 0.25) is 0 Å². The Hall–Kier alpha value is -3.12. The third-order valence-electron chi connectivity index (χ3n) is 6.07. The number of nitrogens with one attached hydrogen (secondary N) is 1. The van der Waals surface area contributed by atoms with Gasteiger partial charge >= 0.3 is 0 Å². The third-order valence-corrected chi connectivity index (χ3v) is 6.07. The van der Waals surface area contributed by atoms with Crippen LogP contribution in [0.3, 0.4) is 0 Å². The minimum Gasteiger partial charge on any atom is -0.497 e. The van der Waals surface area contributed by atoms with Gasteiger partial charge in [0.1, 0.15) is 5.75 Å². The molecule has 0 radical (unpaired) electrons. The lowest BCUT2D eigenvalue weighted by atomic mass is 9.85. The van der Waals surface area contributed by atoms with Crippen molar-refractivity contribution in [3.05, 3.63) is 83.7 Å². The van der Waals surface area contributed by atoms with Gasteiger partial charge in [0.05, 0.1) is 25.4 Å². The van der Waals surface area contributed by atoms with Crippen molar-refractivity contribution in [2.45, 2.75) is 25.4 Å². The van der Waals surface area contributed by atoms with E-state index in [9.17, 15) is 4.79 Å². The number of likely N-dealkylation sites (tertiary alicyclic amines) is 1. The first-order valence-corrected chi connectivity index (χ1v) is 10.8. The summed E-state index contributed by atoms with van der Waals surface area (Å²) >= 11 is 0. The summed E-state index contributed by atoms with van der Waals surface area (Å²) in [6.45, 7) is 2.36. The zero-order valence-electron chi connectivity index (χ0n) is 18.2. The molecule has 0 bridgehead atoms. The molecule has 1 aliphatic heterocycles.